The van der Waals surface area contributed by atoms with Crippen molar-refractivity contribution in [3.05, 3.63) is 41.3 Å². The van der Waals surface area contributed by atoms with Gasteiger partial charge < -0.3 is 5.41 Å². The summed E-state index contributed by atoms with van der Waals surface area (Å²) < 4.78 is 0.556. The minimum absolute atomic E-state index is 0.556. The Hall–Kier alpha value is -1.37. The van der Waals surface area contributed by atoms with Crippen LogP contribution in [-0.2, 0) is 0 Å². The summed E-state index contributed by atoms with van der Waals surface area (Å²) in [6.45, 7) is 0. The summed E-state index contributed by atoms with van der Waals surface area (Å²) in [7, 11) is 5.97. The first-order chi connectivity index (χ1) is 6.05. The first-order valence-electron chi connectivity index (χ1n) is 4.20. The van der Waals surface area contributed by atoms with Gasteiger partial charge in [-0.05, 0) is 12.1 Å². The zero-order valence-corrected chi connectivity index (χ0v) is 8.28. The first kappa shape index (κ1) is 9.72. The van der Waals surface area contributed by atoms with E-state index in [0.717, 1.165) is 11.3 Å². The lowest BCUT2D eigenvalue weighted by Crippen LogP contribution is -2.32. The molecule has 0 spiro atoms. The van der Waals surface area contributed by atoms with Crippen molar-refractivity contribution in [1.82, 2.24) is 0 Å². The van der Waals surface area contributed by atoms with E-state index in [9.17, 15) is 0 Å². The van der Waals surface area contributed by atoms with Gasteiger partial charge in [0.1, 0.15) is 0 Å². The minimum atomic E-state index is 0.556. The second-order valence-corrected chi connectivity index (χ2v) is 3.84. The number of nitrogens with zero attached hydrogens (tertiary/aromatic N) is 2. The Balaban J connectivity index is 3.15. The Morgan fingerprint density at radius 2 is 1.69 bits per heavy atom. The maximum Gasteiger partial charge on any atom is 0.159 e. The zero-order valence-electron chi connectivity index (χ0n) is 8.28. The fourth-order valence-corrected chi connectivity index (χ4v) is 1.20. The summed E-state index contributed by atoms with van der Waals surface area (Å²) in [6.07, 6.45) is 0. The number of hydrogen-bond acceptors (Lipinski definition) is 0. The number of hydrogen-bond donors (Lipinski definition) is 0. The molecule has 0 atom stereocenters. The Kier molecular flexibility index (Phi) is 2.66. The fourth-order valence-electron chi connectivity index (χ4n) is 1.20. The Morgan fingerprint density at radius 3 is 2.08 bits per heavy atom. The van der Waals surface area contributed by atoms with E-state index < -0.39 is 0 Å². The molecule has 0 saturated heterocycles. The summed E-state index contributed by atoms with van der Waals surface area (Å²) in [6, 6.07) is 9.77. The SMILES string of the molecule is C[N+](C)(C)C(=C=[N-])c1ccccc1. The largest absolute Gasteiger partial charge is 0.758 e. The van der Waals surface area contributed by atoms with Crippen LogP contribution in [0.2, 0.25) is 0 Å². The van der Waals surface area contributed by atoms with Gasteiger partial charge in [-0.2, -0.15) is 0 Å². The molecule has 1 rings (SSSR count). The van der Waals surface area contributed by atoms with Crippen LogP contribution in [0.1, 0.15) is 5.56 Å². The third-order valence-electron chi connectivity index (χ3n) is 1.82. The molecule has 0 amide bonds. The smallest absolute Gasteiger partial charge is 0.159 e. The average Bonchev–Trinajstić information content (AvgIpc) is 2.05. The highest BCUT2D eigenvalue weighted by molar-refractivity contribution is 5.86. The molecular formula is C11H14N2. The van der Waals surface area contributed by atoms with E-state index in [-0.39, 0.29) is 0 Å². The summed E-state index contributed by atoms with van der Waals surface area (Å²) in [5, 5.41) is 9.01. The maximum atomic E-state index is 9.01. The molecule has 0 aromatic heterocycles. The van der Waals surface area contributed by atoms with Crippen LogP contribution >= 0.6 is 0 Å². The van der Waals surface area contributed by atoms with E-state index >= 15 is 0 Å². The van der Waals surface area contributed by atoms with Crippen molar-refractivity contribution in [2.24, 2.45) is 0 Å². The van der Waals surface area contributed by atoms with Crippen LogP contribution < -0.4 is 0 Å². The highest BCUT2D eigenvalue weighted by Crippen LogP contribution is 2.17. The number of rotatable bonds is 2. The zero-order chi connectivity index (χ0) is 9.90. The van der Waals surface area contributed by atoms with Crippen molar-refractivity contribution in [2.75, 3.05) is 21.1 Å². The van der Waals surface area contributed by atoms with Crippen molar-refractivity contribution < 1.29 is 4.48 Å². The second-order valence-electron chi connectivity index (χ2n) is 3.84. The molecule has 0 aliphatic rings. The van der Waals surface area contributed by atoms with Crippen LogP contribution in [0.15, 0.2) is 30.3 Å². The summed E-state index contributed by atoms with van der Waals surface area (Å²) in [5.41, 5.74) is 1.78. The molecule has 68 valence electrons. The van der Waals surface area contributed by atoms with Gasteiger partial charge in [-0.15, -0.1) is 0 Å². The van der Waals surface area contributed by atoms with Gasteiger partial charge >= 0.3 is 0 Å². The summed E-state index contributed by atoms with van der Waals surface area (Å²) in [5.74, 6) is 2.25. The molecule has 2 heteroatoms. The molecule has 2 nitrogen and oxygen atoms in total. The third-order valence-corrected chi connectivity index (χ3v) is 1.82. The van der Waals surface area contributed by atoms with E-state index in [1.165, 1.54) is 0 Å². The molecule has 0 saturated carbocycles. The molecule has 0 unspecified atom stereocenters. The third kappa shape index (κ3) is 2.28. The second kappa shape index (κ2) is 3.56. The van der Waals surface area contributed by atoms with Crippen LogP contribution in [-0.4, -0.2) is 31.5 Å². The van der Waals surface area contributed by atoms with E-state index in [1.807, 2.05) is 51.5 Å². The Morgan fingerprint density at radius 1 is 1.15 bits per heavy atom. The van der Waals surface area contributed by atoms with E-state index in [1.54, 1.807) is 0 Å². The molecule has 0 radical (unpaired) electrons. The lowest BCUT2D eigenvalue weighted by molar-refractivity contribution is -0.795. The number of benzene rings is 1. The topological polar surface area (TPSA) is 22.3 Å². The van der Waals surface area contributed by atoms with Crippen molar-refractivity contribution >= 4 is 11.6 Å². The molecule has 0 fully saturated rings. The van der Waals surface area contributed by atoms with E-state index in [0.29, 0.717) is 4.48 Å². The van der Waals surface area contributed by atoms with Crippen molar-refractivity contribution in [2.45, 2.75) is 0 Å². The standard InChI is InChI=1S/C11H14N2/c1-13(2,3)11(9-12)10-7-5-4-6-8-10/h4-8H,1-3H3. The van der Waals surface area contributed by atoms with Gasteiger partial charge in [0, 0.05) is 5.56 Å². The molecule has 13 heavy (non-hydrogen) atoms. The Bertz CT molecular complexity index is 327. The lowest BCUT2D eigenvalue weighted by atomic mass is 10.1. The van der Waals surface area contributed by atoms with Gasteiger partial charge in [0.05, 0.1) is 21.1 Å². The lowest BCUT2D eigenvalue weighted by Gasteiger charge is -2.25. The van der Waals surface area contributed by atoms with Gasteiger partial charge in [-0.3, -0.25) is 4.48 Å². The molecule has 0 aliphatic carbocycles. The van der Waals surface area contributed by atoms with Crippen molar-refractivity contribution in [1.29, 1.82) is 0 Å². The average molecular weight is 174 g/mol. The van der Waals surface area contributed by atoms with Crippen LogP contribution in [0.25, 0.3) is 11.1 Å². The van der Waals surface area contributed by atoms with Crippen LogP contribution in [0.4, 0.5) is 0 Å². The van der Waals surface area contributed by atoms with E-state index in [4.69, 9.17) is 5.41 Å². The monoisotopic (exact) mass is 174 g/mol. The summed E-state index contributed by atoms with van der Waals surface area (Å²) in [4.78, 5) is 0. The highest BCUT2D eigenvalue weighted by atomic mass is 15.3. The van der Waals surface area contributed by atoms with E-state index in [2.05, 4.69) is 5.87 Å². The fraction of sp³-hybridized carbons (Fsp3) is 0.273. The quantitative estimate of drug-likeness (QED) is 0.483. The summed E-state index contributed by atoms with van der Waals surface area (Å²) >= 11 is 0. The normalized spacial score (nSPS) is 10.7. The van der Waals surface area contributed by atoms with Crippen LogP contribution in [0, 0.1) is 0 Å². The van der Waals surface area contributed by atoms with Gasteiger partial charge in [0.2, 0.25) is 0 Å². The molecule has 0 heterocycles. The molecule has 1 aromatic carbocycles. The Labute approximate surface area is 79.2 Å². The van der Waals surface area contributed by atoms with Gasteiger partial charge in [0.25, 0.3) is 0 Å². The van der Waals surface area contributed by atoms with Gasteiger partial charge in [0.15, 0.2) is 5.70 Å². The minimum Gasteiger partial charge on any atom is -0.758 e. The molecule has 0 aliphatic heterocycles. The molecule has 0 bridgehead atoms. The van der Waals surface area contributed by atoms with Crippen molar-refractivity contribution in [3.63, 3.8) is 0 Å². The number of quaternary nitrogens is 1. The van der Waals surface area contributed by atoms with Gasteiger partial charge in [-0.25, -0.2) is 5.87 Å². The van der Waals surface area contributed by atoms with Crippen LogP contribution in [0.3, 0.4) is 0 Å². The van der Waals surface area contributed by atoms with Crippen LogP contribution in [0.5, 0.6) is 0 Å². The molecular weight excluding hydrogens is 160 g/mol. The maximum absolute atomic E-state index is 9.01. The first-order valence-corrected chi connectivity index (χ1v) is 4.20. The highest BCUT2D eigenvalue weighted by Gasteiger charge is 2.15. The van der Waals surface area contributed by atoms with Crippen molar-refractivity contribution in [3.8, 4) is 0 Å². The molecule has 1 aromatic rings. The van der Waals surface area contributed by atoms with Gasteiger partial charge in [-0.1, -0.05) is 18.2 Å². The molecule has 0 N–H and O–H groups in total. The predicted octanol–water partition coefficient (Wildman–Crippen LogP) is 1.97. The predicted molar refractivity (Wildman–Crippen MR) is 56.2 cm³/mol.